The number of carbonyl (C=O) groups is 2. The van der Waals surface area contributed by atoms with Crippen LogP contribution in [0, 0.1) is 50.7 Å². The fraction of sp³-hybridized carbons (Fsp3) is 0.867. The van der Waals surface area contributed by atoms with E-state index in [2.05, 4.69) is 26.8 Å². The number of fused-ring (bicyclic) bond motifs is 7. The van der Waals surface area contributed by atoms with E-state index >= 15 is 0 Å². The van der Waals surface area contributed by atoms with Crippen molar-refractivity contribution in [2.75, 3.05) is 0 Å². The zero-order valence-corrected chi connectivity index (χ0v) is 22.9. The van der Waals surface area contributed by atoms with Gasteiger partial charge in [-0.1, -0.05) is 46.3 Å². The molecule has 5 rings (SSSR count). The summed E-state index contributed by atoms with van der Waals surface area (Å²) in [5.41, 5.74) is -3.04. The van der Waals surface area contributed by atoms with E-state index in [4.69, 9.17) is 0 Å². The highest BCUT2D eigenvalue weighted by Gasteiger charge is 2.73. The highest BCUT2D eigenvalue weighted by molar-refractivity contribution is 5.77. The van der Waals surface area contributed by atoms with E-state index in [1.165, 1.54) is 0 Å². The van der Waals surface area contributed by atoms with E-state index in [9.17, 15) is 30.0 Å². The molecule has 6 unspecified atom stereocenters. The van der Waals surface area contributed by atoms with Crippen LogP contribution in [0.15, 0.2) is 11.6 Å². The Bertz CT molecular complexity index is 1000. The quantitative estimate of drug-likeness (QED) is 0.330. The van der Waals surface area contributed by atoms with Crippen molar-refractivity contribution in [1.29, 1.82) is 0 Å². The zero-order chi connectivity index (χ0) is 26.7. The Morgan fingerprint density at radius 1 is 1.03 bits per heavy atom. The smallest absolute Gasteiger partial charge is 0.310 e. The van der Waals surface area contributed by atoms with Crippen LogP contribution in [0.5, 0.6) is 0 Å². The summed E-state index contributed by atoms with van der Waals surface area (Å²) in [6.07, 6.45) is 6.66. The van der Waals surface area contributed by atoms with E-state index < -0.39 is 40.5 Å². The Labute approximate surface area is 215 Å². The lowest BCUT2D eigenvalue weighted by Crippen LogP contribution is -2.70. The van der Waals surface area contributed by atoms with Gasteiger partial charge in [-0.05, 0) is 86.4 Å². The molecule has 0 spiro atoms. The molecule has 202 valence electrons. The first-order chi connectivity index (χ1) is 16.6. The molecule has 4 fully saturated rings. The molecule has 0 aromatic rings. The van der Waals surface area contributed by atoms with Crippen LogP contribution in [0.1, 0.15) is 92.9 Å². The number of rotatable bonds is 2. The van der Waals surface area contributed by atoms with Crippen molar-refractivity contribution in [2.45, 2.75) is 111 Å². The molecule has 4 saturated carbocycles. The molecule has 36 heavy (non-hydrogen) atoms. The standard InChI is InChI=1S/C30H46O6/c1-17-9-12-30(24(34)35)14-13-27(4)18(22(30)29(17,6)36)7-8-20-25(2)11-10-21(33)26(3,16-31)23(25)19(32)15-28(20,27)5/h7,16-17,19-23,32-33,36H,8-15H2,1-6H3,(H,34,35)/t17?,19?,20?,21?,22?,23?,25-,26-,27-,28-,29-,30+/m1/s1. The fourth-order valence-corrected chi connectivity index (χ4v) is 10.9. The highest BCUT2D eigenvalue weighted by Crippen LogP contribution is 2.75. The zero-order valence-electron chi connectivity index (χ0n) is 22.9. The second kappa shape index (κ2) is 7.66. The Morgan fingerprint density at radius 3 is 2.31 bits per heavy atom. The molecule has 0 aromatic carbocycles. The van der Waals surface area contributed by atoms with Crippen LogP contribution < -0.4 is 0 Å². The van der Waals surface area contributed by atoms with Crippen LogP contribution in [0.3, 0.4) is 0 Å². The van der Waals surface area contributed by atoms with Crippen LogP contribution >= 0.6 is 0 Å². The molecule has 5 aliphatic carbocycles. The van der Waals surface area contributed by atoms with Crippen molar-refractivity contribution in [1.82, 2.24) is 0 Å². The number of carbonyl (C=O) groups excluding carboxylic acids is 1. The number of aliphatic carboxylic acids is 1. The maximum atomic E-state index is 12.8. The minimum Gasteiger partial charge on any atom is -0.481 e. The fourth-order valence-electron chi connectivity index (χ4n) is 10.9. The second-order valence-corrected chi connectivity index (χ2v) is 14.6. The van der Waals surface area contributed by atoms with Crippen molar-refractivity contribution in [3.05, 3.63) is 11.6 Å². The van der Waals surface area contributed by atoms with Gasteiger partial charge >= 0.3 is 5.97 Å². The van der Waals surface area contributed by atoms with Crippen LogP contribution in [-0.2, 0) is 9.59 Å². The first-order valence-corrected chi connectivity index (χ1v) is 14.0. The van der Waals surface area contributed by atoms with E-state index in [0.717, 1.165) is 24.7 Å². The molecule has 0 aromatic heterocycles. The molecular formula is C30H46O6. The van der Waals surface area contributed by atoms with Crippen LogP contribution in [0.25, 0.3) is 0 Å². The van der Waals surface area contributed by atoms with Gasteiger partial charge in [-0.2, -0.15) is 0 Å². The van der Waals surface area contributed by atoms with Gasteiger partial charge in [-0.3, -0.25) is 4.79 Å². The van der Waals surface area contributed by atoms with E-state index in [1.54, 1.807) is 0 Å². The normalized spacial score (nSPS) is 58.4. The molecule has 12 atom stereocenters. The van der Waals surface area contributed by atoms with Gasteiger partial charge in [0.25, 0.3) is 0 Å². The summed E-state index contributed by atoms with van der Waals surface area (Å²) in [5.74, 6) is -1.41. The van der Waals surface area contributed by atoms with Gasteiger partial charge in [0.2, 0.25) is 0 Å². The Morgan fingerprint density at radius 2 is 1.69 bits per heavy atom. The molecule has 0 amide bonds. The van der Waals surface area contributed by atoms with Crippen molar-refractivity contribution in [2.24, 2.45) is 50.7 Å². The molecule has 4 N–H and O–H groups in total. The minimum atomic E-state index is -1.13. The summed E-state index contributed by atoms with van der Waals surface area (Å²) >= 11 is 0. The molecule has 6 heteroatoms. The Hall–Kier alpha value is -1.24. The molecule has 0 radical (unpaired) electrons. The van der Waals surface area contributed by atoms with Crippen molar-refractivity contribution in [3.63, 3.8) is 0 Å². The van der Waals surface area contributed by atoms with Gasteiger partial charge in [0.05, 0.1) is 28.6 Å². The number of allylic oxidation sites excluding steroid dienone is 1. The molecule has 0 aliphatic heterocycles. The molecule has 0 saturated heterocycles. The summed E-state index contributed by atoms with van der Waals surface area (Å²) in [6.45, 7) is 12.4. The monoisotopic (exact) mass is 502 g/mol. The number of carboxylic acid groups (broad SMARTS) is 1. The number of hydrogen-bond acceptors (Lipinski definition) is 5. The molecule has 0 bridgehead atoms. The summed E-state index contributed by atoms with van der Waals surface area (Å²) in [5, 5.41) is 45.0. The van der Waals surface area contributed by atoms with Gasteiger partial charge in [0, 0.05) is 11.8 Å². The van der Waals surface area contributed by atoms with Crippen LogP contribution in [0.2, 0.25) is 0 Å². The third-order valence-corrected chi connectivity index (χ3v) is 13.3. The predicted molar refractivity (Wildman–Crippen MR) is 136 cm³/mol. The maximum Gasteiger partial charge on any atom is 0.310 e. The van der Waals surface area contributed by atoms with Gasteiger partial charge in [0.1, 0.15) is 6.29 Å². The van der Waals surface area contributed by atoms with Crippen molar-refractivity contribution < 1.29 is 30.0 Å². The number of aldehydes is 1. The summed E-state index contributed by atoms with van der Waals surface area (Å²) < 4.78 is 0. The lowest BCUT2D eigenvalue weighted by Gasteiger charge is -2.72. The van der Waals surface area contributed by atoms with E-state index in [1.807, 2.05) is 20.8 Å². The SMILES string of the molecule is CC1CC[C@]2(C(=O)O)CC[C@]3(C)C(=CCC4[C@@]5(C)CCC(O)[C@@](C)(C=O)C5C(O)C[C@]43C)C2[C@]1(C)O. The third kappa shape index (κ3) is 2.85. The summed E-state index contributed by atoms with van der Waals surface area (Å²) in [7, 11) is 0. The minimum absolute atomic E-state index is 0.00395. The predicted octanol–water partition coefficient (Wildman–Crippen LogP) is 4.35. The first kappa shape index (κ1) is 26.4. The lowest BCUT2D eigenvalue weighted by molar-refractivity contribution is -0.243. The number of carboxylic acids is 1. The lowest BCUT2D eigenvalue weighted by atomic mass is 9.32. The van der Waals surface area contributed by atoms with Gasteiger partial charge < -0.3 is 25.2 Å². The van der Waals surface area contributed by atoms with Gasteiger partial charge in [-0.15, -0.1) is 0 Å². The van der Waals surface area contributed by atoms with E-state index in [-0.39, 0.29) is 34.0 Å². The average molecular weight is 503 g/mol. The summed E-state index contributed by atoms with van der Waals surface area (Å²) in [4.78, 5) is 25.2. The van der Waals surface area contributed by atoms with Crippen molar-refractivity contribution in [3.8, 4) is 0 Å². The third-order valence-electron chi connectivity index (χ3n) is 13.3. The Balaban J connectivity index is 1.67. The Kier molecular flexibility index (Phi) is 5.61. The first-order valence-electron chi connectivity index (χ1n) is 14.0. The molecular weight excluding hydrogens is 456 g/mol. The topological polar surface area (TPSA) is 115 Å². The second-order valence-electron chi connectivity index (χ2n) is 14.6. The van der Waals surface area contributed by atoms with Crippen LogP contribution in [0.4, 0.5) is 0 Å². The van der Waals surface area contributed by atoms with Crippen LogP contribution in [-0.4, -0.2) is 50.5 Å². The largest absolute Gasteiger partial charge is 0.481 e. The maximum absolute atomic E-state index is 12.8. The van der Waals surface area contributed by atoms with E-state index in [0.29, 0.717) is 38.5 Å². The van der Waals surface area contributed by atoms with Gasteiger partial charge in [-0.25, -0.2) is 0 Å². The molecule has 6 nitrogen and oxygen atoms in total. The van der Waals surface area contributed by atoms with Gasteiger partial charge in [0.15, 0.2) is 0 Å². The summed E-state index contributed by atoms with van der Waals surface area (Å²) in [6, 6.07) is 0. The highest BCUT2D eigenvalue weighted by atomic mass is 16.4. The molecule has 0 heterocycles. The number of aliphatic hydroxyl groups excluding tert-OH is 2. The average Bonchev–Trinajstić information content (AvgIpc) is 2.79. The molecule has 5 aliphatic rings. The number of hydrogen-bond donors (Lipinski definition) is 4. The number of aliphatic hydroxyl groups is 3. The van der Waals surface area contributed by atoms with Crippen molar-refractivity contribution >= 4 is 12.3 Å².